The van der Waals surface area contributed by atoms with Crippen molar-refractivity contribution in [3.63, 3.8) is 0 Å². The highest BCUT2D eigenvalue weighted by molar-refractivity contribution is 7.20. The fraction of sp³-hybridized carbons (Fsp3) is 0.318. The van der Waals surface area contributed by atoms with E-state index in [0.29, 0.717) is 54.8 Å². The Kier molecular flexibility index (Phi) is 5.21. The lowest BCUT2D eigenvalue weighted by molar-refractivity contribution is -0.0222. The average Bonchev–Trinajstić information content (AvgIpc) is 3.22. The lowest BCUT2D eigenvalue weighted by Gasteiger charge is -2.33. The number of ether oxygens (including phenoxy) is 3. The highest BCUT2D eigenvalue weighted by Gasteiger charge is 2.32. The van der Waals surface area contributed by atoms with E-state index in [1.165, 1.54) is 11.3 Å². The van der Waals surface area contributed by atoms with Crippen LogP contribution in [0.4, 0.5) is 0 Å². The second-order valence-electron chi connectivity index (χ2n) is 7.25. The smallest absolute Gasteiger partial charge is 0.261 e. The summed E-state index contributed by atoms with van der Waals surface area (Å²) in [5.74, 6) is 0.940. The molecule has 0 radical (unpaired) electrons. The van der Waals surface area contributed by atoms with Gasteiger partial charge in [0.05, 0.1) is 13.2 Å². The number of carbonyl (C=O) groups is 2. The number of thiophene rings is 1. The molecule has 1 unspecified atom stereocenters. The van der Waals surface area contributed by atoms with Gasteiger partial charge in [0.1, 0.15) is 29.0 Å². The number of hydrogen-bond donors (Lipinski definition) is 1. The Labute approximate surface area is 182 Å². The van der Waals surface area contributed by atoms with Gasteiger partial charge in [0.2, 0.25) is 0 Å². The highest BCUT2D eigenvalue weighted by atomic mass is 32.1. The summed E-state index contributed by atoms with van der Waals surface area (Å²) in [4.78, 5) is 33.2. The molecule has 1 N–H and O–H groups in total. The predicted molar refractivity (Wildman–Crippen MR) is 115 cm³/mol. The molecule has 0 aliphatic carbocycles. The first kappa shape index (κ1) is 19.8. The van der Waals surface area contributed by atoms with Gasteiger partial charge in [-0.25, -0.2) is 4.98 Å². The summed E-state index contributed by atoms with van der Waals surface area (Å²) in [6, 6.07) is 9.02. The zero-order valence-electron chi connectivity index (χ0n) is 16.9. The highest BCUT2D eigenvalue weighted by Crippen LogP contribution is 2.38. The van der Waals surface area contributed by atoms with Crippen LogP contribution in [-0.2, 0) is 4.74 Å². The van der Waals surface area contributed by atoms with Crippen molar-refractivity contribution in [2.24, 2.45) is 0 Å². The van der Waals surface area contributed by atoms with Crippen LogP contribution in [0.5, 0.6) is 11.5 Å². The first-order valence-corrected chi connectivity index (χ1v) is 10.9. The average molecular weight is 439 g/mol. The van der Waals surface area contributed by atoms with Crippen LogP contribution < -0.4 is 14.8 Å². The molecule has 31 heavy (non-hydrogen) atoms. The molecule has 5 rings (SSSR count). The number of pyridine rings is 1. The van der Waals surface area contributed by atoms with Gasteiger partial charge < -0.3 is 24.4 Å². The Bertz CT molecular complexity index is 1160. The third-order valence-electron chi connectivity index (χ3n) is 5.40. The van der Waals surface area contributed by atoms with Gasteiger partial charge in [-0.2, -0.15) is 0 Å². The van der Waals surface area contributed by atoms with Gasteiger partial charge in [0.25, 0.3) is 11.8 Å². The number of nitrogens with zero attached hydrogens (tertiary/aromatic N) is 2. The van der Waals surface area contributed by atoms with Crippen LogP contribution in [0.15, 0.2) is 36.5 Å². The van der Waals surface area contributed by atoms with Crippen LogP contribution >= 0.6 is 11.3 Å². The Morgan fingerprint density at radius 1 is 1.16 bits per heavy atom. The van der Waals surface area contributed by atoms with Crippen LogP contribution in [0, 0.1) is 0 Å². The van der Waals surface area contributed by atoms with Gasteiger partial charge in [0.15, 0.2) is 11.5 Å². The Hall–Kier alpha value is -3.17. The van der Waals surface area contributed by atoms with Gasteiger partial charge in [-0.05, 0) is 24.3 Å². The molecule has 9 heteroatoms. The normalized spacial score (nSPS) is 18.1. The van der Waals surface area contributed by atoms with E-state index in [1.807, 2.05) is 12.1 Å². The molecule has 0 saturated carbocycles. The molecule has 0 bridgehead atoms. The third-order valence-corrected chi connectivity index (χ3v) is 6.53. The minimum atomic E-state index is -0.417. The summed E-state index contributed by atoms with van der Waals surface area (Å²) in [7, 11) is 1.60. The fourth-order valence-electron chi connectivity index (χ4n) is 3.92. The number of carbonyl (C=O) groups excluding carboxylic acids is 2. The molecule has 2 aliphatic heterocycles. The van der Waals surface area contributed by atoms with Crippen LogP contribution in [0.2, 0.25) is 0 Å². The molecule has 4 heterocycles. The van der Waals surface area contributed by atoms with Gasteiger partial charge in [-0.15, -0.1) is 11.3 Å². The molecule has 3 aromatic rings. The Balaban J connectivity index is 1.45. The van der Waals surface area contributed by atoms with E-state index in [2.05, 4.69) is 10.3 Å². The minimum absolute atomic E-state index is 0.107. The van der Waals surface area contributed by atoms with Crippen molar-refractivity contribution in [1.82, 2.24) is 15.2 Å². The van der Waals surface area contributed by atoms with Crippen LogP contribution in [-0.4, -0.2) is 61.7 Å². The molecule has 2 aromatic heterocycles. The lowest BCUT2D eigenvalue weighted by Crippen LogP contribution is -2.42. The zero-order valence-corrected chi connectivity index (χ0v) is 17.7. The van der Waals surface area contributed by atoms with Crippen LogP contribution in [0.3, 0.4) is 0 Å². The fourth-order valence-corrected chi connectivity index (χ4v) is 5.06. The van der Waals surface area contributed by atoms with Crippen LogP contribution in [0.1, 0.15) is 31.7 Å². The molecule has 1 aromatic carbocycles. The molecule has 1 atom stereocenters. The van der Waals surface area contributed by atoms with Gasteiger partial charge in [0, 0.05) is 36.3 Å². The van der Waals surface area contributed by atoms with E-state index in [0.717, 1.165) is 15.8 Å². The predicted octanol–water partition coefficient (Wildman–Crippen LogP) is 2.64. The SMILES string of the molecule is CNC(=O)c1sc2ncccc2c1C1CN(C(=O)c2ccc3c(c2)OCCO3)CCO1. The quantitative estimate of drug-likeness (QED) is 0.675. The second-order valence-corrected chi connectivity index (χ2v) is 8.25. The largest absolute Gasteiger partial charge is 0.486 e. The summed E-state index contributed by atoms with van der Waals surface area (Å²) < 4.78 is 17.2. The van der Waals surface area contributed by atoms with Crippen molar-refractivity contribution in [2.45, 2.75) is 6.10 Å². The molecule has 2 amide bonds. The van der Waals surface area contributed by atoms with Crippen molar-refractivity contribution in [2.75, 3.05) is 40.0 Å². The van der Waals surface area contributed by atoms with E-state index in [1.54, 1.807) is 36.3 Å². The monoisotopic (exact) mass is 439 g/mol. The first-order chi connectivity index (χ1) is 15.2. The van der Waals surface area contributed by atoms with E-state index in [9.17, 15) is 9.59 Å². The summed E-state index contributed by atoms with van der Waals surface area (Å²) >= 11 is 1.33. The van der Waals surface area contributed by atoms with Crippen LogP contribution in [0.25, 0.3) is 10.2 Å². The topological polar surface area (TPSA) is 90.0 Å². The van der Waals surface area contributed by atoms with E-state index in [4.69, 9.17) is 14.2 Å². The maximum Gasteiger partial charge on any atom is 0.261 e. The zero-order chi connectivity index (χ0) is 21.4. The van der Waals surface area contributed by atoms with E-state index in [-0.39, 0.29) is 11.8 Å². The van der Waals surface area contributed by atoms with Gasteiger partial charge in [-0.3, -0.25) is 9.59 Å². The molecule has 2 aliphatic rings. The van der Waals surface area contributed by atoms with Gasteiger partial charge >= 0.3 is 0 Å². The van der Waals surface area contributed by atoms with Crippen molar-refractivity contribution in [3.05, 3.63) is 52.5 Å². The number of rotatable bonds is 3. The summed E-state index contributed by atoms with van der Waals surface area (Å²) in [6.45, 7) is 2.16. The maximum atomic E-state index is 13.2. The molecule has 8 nitrogen and oxygen atoms in total. The number of fused-ring (bicyclic) bond motifs is 2. The van der Waals surface area contributed by atoms with Crippen molar-refractivity contribution in [1.29, 1.82) is 0 Å². The first-order valence-electron chi connectivity index (χ1n) is 10.1. The minimum Gasteiger partial charge on any atom is -0.486 e. The van der Waals surface area contributed by atoms with E-state index < -0.39 is 6.10 Å². The second kappa shape index (κ2) is 8.16. The Morgan fingerprint density at radius 2 is 2.00 bits per heavy atom. The molecule has 0 spiro atoms. The maximum absolute atomic E-state index is 13.2. The molecule has 1 fully saturated rings. The number of amides is 2. The number of morpholine rings is 1. The molecular formula is C22H21N3O5S. The third kappa shape index (κ3) is 3.60. The van der Waals surface area contributed by atoms with E-state index >= 15 is 0 Å². The summed E-state index contributed by atoms with van der Waals surface area (Å²) in [5.41, 5.74) is 1.32. The molecule has 1 saturated heterocycles. The number of benzene rings is 1. The molecular weight excluding hydrogens is 418 g/mol. The van der Waals surface area contributed by atoms with Crippen molar-refractivity contribution in [3.8, 4) is 11.5 Å². The van der Waals surface area contributed by atoms with Crippen molar-refractivity contribution >= 4 is 33.4 Å². The van der Waals surface area contributed by atoms with Gasteiger partial charge in [-0.1, -0.05) is 6.07 Å². The van der Waals surface area contributed by atoms with Crippen molar-refractivity contribution < 1.29 is 23.8 Å². The lowest BCUT2D eigenvalue weighted by atomic mass is 10.0. The summed E-state index contributed by atoms with van der Waals surface area (Å²) in [6.07, 6.45) is 1.29. The number of nitrogens with one attached hydrogen (secondary N) is 1. The Morgan fingerprint density at radius 3 is 2.84 bits per heavy atom. The molecule has 160 valence electrons. The standard InChI is InChI=1S/C22H21N3O5S/c1-23-20(26)19-18(14-3-2-6-24-21(14)31-19)17-12-25(7-8-28-17)22(27)13-4-5-15-16(11-13)30-10-9-29-15/h2-6,11,17H,7-10,12H2,1H3,(H,23,26). The number of hydrogen-bond acceptors (Lipinski definition) is 7. The summed E-state index contributed by atoms with van der Waals surface area (Å²) in [5, 5.41) is 3.57. The number of aromatic nitrogens is 1.